The first-order valence-corrected chi connectivity index (χ1v) is 7.63. The normalized spacial score (nSPS) is 10.4. The molecule has 122 valence electrons. The third-order valence-electron chi connectivity index (χ3n) is 3.28. The number of nitrogens with one attached hydrogen (secondary N) is 2. The van der Waals surface area contributed by atoms with Crippen molar-refractivity contribution >= 4 is 23.2 Å². The molecule has 0 radical (unpaired) electrons. The van der Waals surface area contributed by atoms with Gasteiger partial charge in [-0.15, -0.1) is 0 Å². The number of carbonyl (C=O) groups excluding carboxylic acids is 1. The van der Waals surface area contributed by atoms with Gasteiger partial charge in [0.05, 0.1) is 5.02 Å². The van der Waals surface area contributed by atoms with Crippen LogP contribution in [0.3, 0.4) is 0 Å². The van der Waals surface area contributed by atoms with Crippen molar-refractivity contribution in [3.63, 3.8) is 0 Å². The van der Waals surface area contributed by atoms with E-state index in [-0.39, 0.29) is 23.2 Å². The van der Waals surface area contributed by atoms with Gasteiger partial charge in [-0.2, -0.15) is 0 Å². The van der Waals surface area contributed by atoms with Gasteiger partial charge in [0, 0.05) is 25.2 Å². The molecule has 6 heteroatoms. The van der Waals surface area contributed by atoms with Crippen molar-refractivity contribution in [1.82, 2.24) is 5.32 Å². The molecule has 2 rings (SSSR count). The lowest BCUT2D eigenvalue weighted by molar-refractivity contribution is -0.120. The fraction of sp³-hybridized carbons (Fsp3) is 0.235. The Labute approximate surface area is 138 Å². The van der Waals surface area contributed by atoms with Crippen LogP contribution in [0.4, 0.5) is 14.5 Å². The second-order valence-electron chi connectivity index (χ2n) is 5.00. The van der Waals surface area contributed by atoms with Gasteiger partial charge < -0.3 is 10.6 Å². The molecule has 0 aromatic heterocycles. The van der Waals surface area contributed by atoms with Crippen LogP contribution in [0, 0.1) is 11.6 Å². The summed E-state index contributed by atoms with van der Waals surface area (Å²) in [6.07, 6.45) is 0.700. The van der Waals surface area contributed by atoms with E-state index in [2.05, 4.69) is 10.6 Å². The van der Waals surface area contributed by atoms with Crippen LogP contribution in [0.2, 0.25) is 5.02 Å². The highest BCUT2D eigenvalue weighted by Crippen LogP contribution is 2.19. The van der Waals surface area contributed by atoms with Gasteiger partial charge in [0.25, 0.3) is 0 Å². The van der Waals surface area contributed by atoms with E-state index in [1.165, 1.54) is 18.2 Å². The third-order valence-corrected chi connectivity index (χ3v) is 3.56. The highest BCUT2D eigenvalue weighted by atomic mass is 35.5. The minimum absolute atomic E-state index is 0.0318. The van der Waals surface area contributed by atoms with E-state index in [4.69, 9.17) is 11.6 Å². The maximum Gasteiger partial charge on any atom is 0.221 e. The van der Waals surface area contributed by atoms with Crippen molar-refractivity contribution in [2.75, 3.05) is 18.4 Å². The molecule has 0 aliphatic rings. The zero-order valence-corrected chi connectivity index (χ0v) is 13.2. The molecule has 2 aromatic rings. The number of anilines is 1. The molecule has 0 unspecified atom stereocenters. The summed E-state index contributed by atoms with van der Waals surface area (Å²) in [4.78, 5) is 11.7. The highest BCUT2D eigenvalue weighted by molar-refractivity contribution is 6.31. The molecule has 0 heterocycles. The smallest absolute Gasteiger partial charge is 0.221 e. The highest BCUT2D eigenvalue weighted by Gasteiger charge is 2.04. The van der Waals surface area contributed by atoms with Crippen LogP contribution >= 0.6 is 11.6 Å². The maximum atomic E-state index is 13.4. The molecule has 2 N–H and O–H groups in total. The summed E-state index contributed by atoms with van der Waals surface area (Å²) in [5.74, 6) is -0.887. The fourth-order valence-corrected chi connectivity index (χ4v) is 2.23. The first-order valence-electron chi connectivity index (χ1n) is 7.25. The summed E-state index contributed by atoms with van der Waals surface area (Å²) >= 11 is 5.67. The molecule has 23 heavy (non-hydrogen) atoms. The average molecular weight is 339 g/mol. The van der Waals surface area contributed by atoms with E-state index in [0.717, 1.165) is 0 Å². The van der Waals surface area contributed by atoms with E-state index in [9.17, 15) is 13.6 Å². The van der Waals surface area contributed by atoms with Gasteiger partial charge in [0.1, 0.15) is 11.6 Å². The number of hydrogen-bond donors (Lipinski definition) is 2. The lowest BCUT2D eigenvalue weighted by Crippen LogP contribution is -2.27. The molecule has 3 nitrogen and oxygen atoms in total. The molecule has 0 fully saturated rings. The van der Waals surface area contributed by atoms with Crippen molar-refractivity contribution in [2.45, 2.75) is 12.8 Å². The van der Waals surface area contributed by atoms with Crippen LogP contribution in [0.15, 0.2) is 42.5 Å². The summed E-state index contributed by atoms with van der Waals surface area (Å²) in [5, 5.41) is 5.75. The van der Waals surface area contributed by atoms with E-state index in [1.807, 2.05) is 0 Å². The topological polar surface area (TPSA) is 41.1 Å². The summed E-state index contributed by atoms with van der Waals surface area (Å²) in [7, 11) is 0. The summed E-state index contributed by atoms with van der Waals surface area (Å²) in [6, 6.07) is 10.8. The van der Waals surface area contributed by atoms with E-state index in [0.29, 0.717) is 30.8 Å². The van der Waals surface area contributed by atoms with E-state index < -0.39 is 5.82 Å². The van der Waals surface area contributed by atoms with Crippen molar-refractivity contribution in [3.8, 4) is 0 Å². The molecule has 0 aliphatic carbocycles. The third kappa shape index (κ3) is 5.53. The molecule has 2 aromatic carbocycles. The van der Waals surface area contributed by atoms with Crippen LogP contribution in [-0.4, -0.2) is 19.0 Å². The minimum atomic E-state index is -0.483. The number of rotatable bonds is 7. The Morgan fingerprint density at radius 2 is 1.83 bits per heavy atom. The number of carbonyl (C=O) groups is 1. The second kappa shape index (κ2) is 8.48. The number of benzene rings is 2. The second-order valence-corrected chi connectivity index (χ2v) is 5.40. The Morgan fingerprint density at radius 1 is 1.04 bits per heavy atom. The zero-order valence-electron chi connectivity index (χ0n) is 12.4. The van der Waals surface area contributed by atoms with Crippen molar-refractivity contribution < 1.29 is 13.6 Å². The minimum Gasteiger partial charge on any atom is -0.384 e. The van der Waals surface area contributed by atoms with E-state index in [1.54, 1.807) is 24.3 Å². The fourth-order valence-electron chi connectivity index (χ4n) is 2.05. The molecule has 0 spiro atoms. The van der Waals surface area contributed by atoms with Gasteiger partial charge in [-0.25, -0.2) is 8.78 Å². The molecule has 0 aliphatic heterocycles. The first-order chi connectivity index (χ1) is 11.1. The molecule has 0 bridgehead atoms. The zero-order chi connectivity index (χ0) is 16.7. The molecule has 0 saturated carbocycles. The van der Waals surface area contributed by atoms with Gasteiger partial charge in [0.15, 0.2) is 0 Å². The Bertz CT molecular complexity index is 679. The average Bonchev–Trinajstić information content (AvgIpc) is 2.53. The molecule has 0 saturated heterocycles. The largest absolute Gasteiger partial charge is 0.384 e. The van der Waals surface area contributed by atoms with Gasteiger partial charge in [-0.05, 0) is 36.2 Å². The van der Waals surface area contributed by atoms with E-state index >= 15 is 0 Å². The summed E-state index contributed by atoms with van der Waals surface area (Å²) in [6.45, 7) is 0.773. The quantitative estimate of drug-likeness (QED) is 0.806. The van der Waals surface area contributed by atoms with Gasteiger partial charge in [0.2, 0.25) is 5.91 Å². The Hall–Kier alpha value is -2.14. The molecular weight excluding hydrogens is 322 g/mol. The van der Waals surface area contributed by atoms with Crippen LogP contribution < -0.4 is 10.6 Å². The van der Waals surface area contributed by atoms with Crippen molar-refractivity contribution in [1.29, 1.82) is 0 Å². The number of hydrogen-bond acceptors (Lipinski definition) is 2. The SMILES string of the molecule is O=C(CCNc1ccc(F)c(Cl)c1)NCCc1ccccc1F. The monoisotopic (exact) mass is 338 g/mol. The Kier molecular flexibility index (Phi) is 6.35. The van der Waals surface area contributed by atoms with Crippen LogP contribution in [0.5, 0.6) is 0 Å². The first kappa shape index (κ1) is 17.2. The Morgan fingerprint density at radius 3 is 2.57 bits per heavy atom. The van der Waals surface area contributed by atoms with Gasteiger partial charge >= 0.3 is 0 Å². The number of halogens is 3. The van der Waals surface area contributed by atoms with Gasteiger partial charge in [-0.1, -0.05) is 29.8 Å². The number of amides is 1. The maximum absolute atomic E-state index is 13.4. The lowest BCUT2D eigenvalue weighted by atomic mass is 10.1. The predicted octanol–water partition coefficient (Wildman–Crippen LogP) is 3.78. The van der Waals surface area contributed by atoms with Crippen molar-refractivity contribution in [2.24, 2.45) is 0 Å². The van der Waals surface area contributed by atoms with Crippen molar-refractivity contribution in [3.05, 3.63) is 64.7 Å². The van der Waals surface area contributed by atoms with Crippen LogP contribution in [-0.2, 0) is 11.2 Å². The Balaban J connectivity index is 1.67. The lowest BCUT2D eigenvalue weighted by Gasteiger charge is -2.08. The summed E-state index contributed by atoms with van der Waals surface area (Å²) in [5.41, 5.74) is 1.22. The van der Waals surface area contributed by atoms with Crippen LogP contribution in [0.25, 0.3) is 0 Å². The molecule has 0 atom stereocenters. The van der Waals surface area contributed by atoms with Crippen LogP contribution in [0.1, 0.15) is 12.0 Å². The standard InChI is InChI=1S/C17H17ClF2N2O/c18-14-11-13(5-6-16(14)20)21-10-8-17(23)22-9-7-12-3-1-2-4-15(12)19/h1-6,11,21H,7-10H2,(H,22,23). The van der Waals surface area contributed by atoms with Gasteiger partial charge in [-0.3, -0.25) is 4.79 Å². The molecule has 1 amide bonds. The summed E-state index contributed by atoms with van der Waals surface area (Å²) < 4.78 is 26.4. The predicted molar refractivity (Wildman–Crippen MR) is 87.6 cm³/mol. The molecular formula is C17H17ClF2N2O.